The lowest BCUT2D eigenvalue weighted by molar-refractivity contribution is 0.102. The number of hydrogen-bond acceptors (Lipinski definition) is 4. The van der Waals surface area contributed by atoms with Gasteiger partial charge in [0, 0.05) is 11.3 Å². The van der Waals surface area contributed by atoms with Crippen LogP contribution in [0.25, 0.3) is 0 Å². The van der Waals surface area contributed by atoms with Gasteiger partial charge in [-0.25, -0.2) is 0 Å². The summed E-state index contributed by atoms with van der Waals surface area (Å²) < 4.78 is 5.09. The fourth-order valence-corrected chi connectivity index (χ4v) is 1.88. The number of carbonyl (C=O) groups excluding carboxylic acids is 1. The summed E-state index contributed by atoms with van der Waals surface area (Å²) in [6.07, 6.45) is 0.697. The minimum Gasteiger partial charge on any atom is -0.399 e. The molecule has 0 aliphatic carbocycles. The Labute approximate surface area is 111 Å². The normalized spacial score (nSPS) is 10.5. The van der Waals surface area contributed by atoms with Crippen LogP contribution in [0, 0.1) is 13.8 Å². The van der Waals surface area contributed by atoms with Crippen molar-refractivity contribution in [3.8, 4) is 0 Å². The SMILES string of the molecule is CCc1noc(C)c1NC(=O)c1cc(N)ccc1C. The molecule has 1 amide bonds. The highest BCUT2D eigenvalue weighted by Gasteiger charge is 2.16. The minimum absolute atomic E-state index is 0.203. The summed E-state index contributed by atoms with van der Waals surface area (Å²) in [7, 11) is 0. The van der Waals surface area contributed by atoms with E-state index in [1.54, 1.807) is 19.1 Å². The predicted octanol–water partition coefficient (Wildman–Crippen LogP) is 2.69. The highest BCUT2D eigenvalue weighted by molar-refractivity contribution is 6.06. The maximum absolute atomic E-state index is 12.3. The third-order valence-corrected chi connectivity index (χ3v) is 3.01. The van der Waals surface area contributed by atoms with Crippen LogP contribution in [-0.4, -0.2) is 11.1 Å². The summed E-state index contributed by atoms with van der Waals surface area (Å²) >= 11 is 0. The van der Waals surface area contributed by atoms with Crippen molar-refractivity contribution in [2.45, 2.75) is 27.2 Å². The van der Waals surface area contributed by atoms with Gasteiger partial charge in [0.25, 0.3) is 5.91 Å². The molecule has 0 fully saturated rings. The molecule has 0 unspecified atom stereocenters. The summed E-state index contributed by atoms with van der Waals surface area (Å²) in [6.45, 7) is 5.60. The van der Waals surface area contributed by atoms with Crippen molar-refractivity contribution < 1.29 is 9.32 Å². The second-order valence-electron chi connectivity index (χ2n) is 4.44. The number of carbonyl (C=O) groups is 1. The van der Waals surface area contributed by atoms with E-state index in [-0.39, 0.29) is 5.91 Å². The molecule has 0 saturated heterocycles. The quantitative estimate of drug-likeness (QED) is 0.830. The first kappa shape index (κ1) is 13.1. The Hall–Kier alpha value is -2.30. The lowest BCUT2D eigenvalue weighted by atomic mass is 10.1. The van der Waals surface area contributed by atoms with E-state index in [1.807, 2.05) is 19.9 Å². The van der Waals surface area contributed by atoms with Crippen molar-refractivity contribution in [3.05, 3.63) is 40.8 Å². The number of aryl methyl sites for hydroxylation is 3. The molecule has 5 nitrogen and oxygen atoms in total. The molecule has 2 rings (SSSR count). The number of rotatable bonds is 3. The molecule has 19 heavy (non-hydrogen) atoms. The Morgan fingerprint density at radius 2 is 2.16 bits per heavy atom. The number of nitrogens with two attached hydrogens (primary N) is 1. The smallest absolute Gasteiger partial charge is 0.256 e. The number of hydrogen-bond donors (Lipinski definition) is 2. The van der Waals surface area contributed by atoms with E-state index in [0.717, 1.165) is 11.3 Å². The zero-order valence-electron chi connectivity index (χ0n) is 11.3. The standard InChI is InChI=1S/C14H17N3O2/c1-4-12-13(9(3)19-17-12)16-14(18)11-7-10(15)6-5-8(11)2/h5-7H,4,15H2,1-3H3,(H,16,18). The fraction of sp³-hybridized carbons (Fsp3) is 0.286. The van der Waals surface area contributed by atoms with E-state index in [4.69, 9.17) is 10.3 Å². The van der Waals surface area contributed by atoms with Crippen LogP contribution in [0.1, 0.15) is 34.3 Å². The number of benzene rings is 1. The van der Waals surface area contributed by atoms with E-state index in [2.05, 4.69) is 10.5 Å². The average molecular weight is 259 g/mol. The van der Waals surface area contributed by atoms with Gasteiger partial charge in [-0.3, -0.25) is 4.79 Å². The van der Waals surface area contributed by atoms with Gasteiger partial charge in [-0.1, -0.05) is 18.1 Å². The average Bonchev–Trinajstić information content (AvgIpc) is 2.73. The first-order chi connectivity index (χ1) is 9.02. The fourth-order valence-electron chi connectivity index (χ4n) is 1.88. The van der Waals surface area contributed by atoms with E-state index in [0.29, 0.717) is 29.1 Å². The summed E-state index contributed by atoms with van der Waals surface area (Å²) in [6, 6.07) is 5.26. The minimum atomic E-state index is -0.203. The van der Waals surface area contributed by atoms with Crippen molar-refractivity contribution in [3.63, 3.8) is 0 Å². The number of anilines is 2. The van der Waals surface area contributed by atoms with Gasteiger partial charge in [0.15, 0.2) is 5.76 Å². The predicted molar refractivity (Wildman–Crippen MR) is 74.2 cm³/mol. The monoisotopic (exact) mass is 259 g/mol. The Morgan fingerprint density at radius 1 is 1.42 bits per heavy atom. The molecule has 1 aromatic heterocycles. The summed E-state index contributed by atoms with van der Waals surface area (Å²) in [5.41, 5.74) is 9.10. The van der Waals surface area contributed by atoms with Crippen molar-refractivity contribution in [1.82, 2.24) is 5.16 Å². The highest BCUT2D eigenvalue weighted by Crippen LogP contribution is 2.22. The molecule has 0 bridgehead atoms. The molecular weight excluding hydrogens is 242 g/mol. The lowest BCUT2D eigenvalue weighted by Crippen LogP contribution is -2.15. The summed E-state index contributed by atoms with van der Waals surface area (Å²) in [5, 5.41) is 6.75. The molecule has 2 aromatic rings. The van der Waals surface area contributed by atoms with Gasteiger partial charge in [0.2, 0.25) is 0 Å². The van der Waals surface area contributed by atoms with Crippen LogP contribution >= 0.6 is 0 Å². The van der Waals surface area contributed by atoms with Gasteiger partial charge < -0.3 is 15.6 Å². The molecule has 1 heterocycles. The largest absolute Gasteiger partial charge is 0.399 e. The van der Waals surface area contributed by atoms with Gasteiger partial charge in [-0.15, -0.1) is 0 Å². The third-order valence-electron chi connectivity index (χ3n) is 3.01. The molecule has 0 radical (unpaired) electrons. The van der Waals surface area contributed by atoms with Crippen LogP contribution < -0.4 is 11.1 Å². The molecule has 1 aromatic carbocycles. The van der Waals surface area contributed by atoms with Crippen LogP contribution in [0.4, 0.5) is 11.4 Å². The number of nitrogen functional groups attached to an aromatic ring is 1. The lowest BCUT2D eigenvalue weighted by Gasteiger charge is -2.08. The van der Waals surface area contributed by atoms with Crippen LogP contribution in [0.3, 0.4) is 0 Å². The summed E-state index contributed by atoms with van der Waals surface area (Å²) in [4.78, 5) is 12.3. The molecule has 5 heteroatoms. The van der Waals surface area contributed by atoms with Crippen molar-refractivity contribution in [2.75, 3.05) is 11.1 Å². The Morgan fingerprint density at radius 3 is 2.84 bits per heavy atom. The number of aromatic nitrogens is 1. The maximum atomic E-state index is 12.3. The molecule has 0 spiro atoms. The third kappa shape index (κ3) is 2.59. The topological polar surface area (TPSA) is 81.2 Å². The molecule has 0 aliphatic rings. The molecule has 3 N–H and O–H groups in total. The van der Waals surface area contributed by atoms with E-state index in [9.17, 15) is 4.79 Å². The van der Waals surface area contributed by atoms with E-state index >= 15 is 0 Å². The highest BCUT2D eigenvalue weighted by atomic mass is 16.5. The van der Waals surface area contributed by atoms with Gasteiger partial charge in [0.05, 0.1) is 0 Å². The molecular formula is C14H17N3O2. The zero-order valence-corrected chi connectivity index (χ0v) is 11.3. The van der Waals surface area contributed by atoms with E-state index < -0.39 is 0 Å². The van der Waals surface area contributed by atoms with Gasteiger partial charge in [0.1, 0.15) is 11.4 Å². The van der Waals surface area contributed by atoms with Crippen LogP contribution in [0.2, 0.25) is 0 Å². The Balaban J connectivity index is 2.30. The van der Waals surface area contributed by atoms with Gasteiger partial charge >= 0.3 is 0 Å². The number of nitrogens with one attached hydrogen (secondary N) is 1. The van der Waals surface area contributed by atoms with Crippen molar-refractivity contribution in [1.29, 1.82) is 0 Å². The Bertz CT molecular complexity index is 617. The van der Waals surface area contributed by atoms with Crippen LogP contribution in [0.5, 0.6) is 0 Å². The first-order valence-corrected chi connectivity index (χ1v) is 6.15. The van der Waals surface area contributed by atoms with E-state index in [1.165, 1.54) is 0 Å². The van der Waals surface area contributed by atoms with Crippen LogP contribution in [-0.2, 0) is 6.42 Å². The Kier molecular flexibility index (Phi) is 3.55. The van der Waals surface area contributed by atoms with Crippen molar-refractivity contribution >= 4 is 17.3 Å². The molecule has 0 aliphatic heterocycles. The molecule has 0 atom stereocenters. The van der Waals surface area contributed by atoms with Crippen molar-refractivity contribution in [2.24, 2.45) is 0 Å². The number of nitrogens with zero attached hydrogens (tertiary/aromatic N) is 1. The molecule has 0 saturated carbocycles. The van der Waals surface area contributed by atoms with Crippen LogP contribution in [0.15, 0.2) is 22.7 Å². The zero-order chi connectivity index (χ0) is 14.0. The maximum Gasteiger partial charge on any atom is 0.256 e. The van der Waals surface area contributed by atoms with Gasteiger partial charge in [-0.05, 0) is 38.0 Å². The molecule has 100 valence electrons. The van der Waals surface area contributed by atoms with Gasteiger partial charge in [-0.2, -0.15) is 0 Å². The second kappa shape index (κ2) is 5.14. The first-order valence-electron chi connectivity index (χ1n) is 6.15. The number of amides is 1. The second-order valence-corrected chi connectivity index (χ2v) is 4.44. The summed E-state index contributed by atoms with van der Waals surface area (Å²) in [5.74, 6) is 0.401.